The summed E-state index contributed by atoms with van der Waals surface area (Å²) in [6, 6.07) is 8.80. The molecule has 0 bridgehead atoms. The summed E-state index contributed by atoms with van der Waals surface area (Å²) in [5, 5.41) is 2.88. The standard InChI is InChI=1S/C14H11ClFNO2S/c1-19-8-2-4-11(15)13(6-8)17-14(18)10-7-9(20)3-5-12(10)16/h2-7,20H,1H3,(H,17,18). The van der Waals surface area contributed by atoms with Crippen LogP contribution < -0.4 is 10.1 Å². The highest BCUT2D eigenvalue weighted by Crippen LogP contribution is 2.27. The topological polar surface area (TPSA) is 38.3 Å². The van der Waals surface area contributed by atoms with E-state index in [0.717, 1.165) is 0 Å². The van der Waals surface area contributed by atoms with Gasteiger partial charge in [0.1, 0.15) is 11.6 Å². The number of hydrogen-bond donors (Lipinski definition) is 2. The first-order chi connectivity index (χ1) is 9.51. The van der Waals surface area contributed by atoms with Gasteiger partial charge >= 0.3 is 0 Å². The molecular weight excluding hydrogens is 301 g/mol. The van der Waals surface area contributed by atoms with Gasteiger partial charge in [-0.05, 0) is 30.3 Å². The van der Waals surface area contributed by atoms with Crippen LogP contribution in [0.4, 0.5) is 10.1 Å². The molecule has 0 radical (unpaired) electrons. The summed E-state index contributed by atoms with van der Waals surface area (Å²) < 4.78 is 18.7. The molecule has 104 valence electrons. The number of halogens is 2. The molecule has 1 amide bonds. The Balaban J connectivity index is 2.30. The normalized spacial score (nSPS) is 10.2. The highest BCUT2D eigenvalue weighted by Gasteiger charge is 2.14. The number of methoxy groups -OCH3 is 1. The molecule has 0 fully saturated rings. The molecule has 6 heteroatoms. The molecule has 0 atom stereocenters. The van der Waals surface area contributed by atoms with Gasteiger partial charge in [0.25, 0.3) is 5.91 Å². The molecule has 2 rings (SSSR count). The third kappa shape index (κ3) is 3.23. The van der Waals surface area contributed by atoms with Gasteiger partial charge in [0.2, 0.25) is 0 Å². The second-order valence-electron chi connectivity index (χ2n) is 3.96. The summed E-state index contributed by atoms with van der Waals surface area (Å²) in [6.45, 7) is 0. The Morgan fingerprint density at radius 1 is 1.30 bits per heavy atom. The molecule has 0 unspecified atom stereocenters. The predicted octanol–water partition coefficient (Wildman–Crippen LogP) is 4.03. The molecule has 0 heterocycles. The monoisotopic (exact) mass is 311 g/mol. The number of ether oxygens (including phenoxy) is 1. The largest absolute Gasteiger partial charge is 0.497 e. The molecule has 2 aromatic carbocycles. The molecule has 0 aliphatic heterocycles. The maximum Gasteiger partial charge on any atom is 0.258 e. The summed E-state index contributed by atoms with van der Waals surface area (Å²) in [5.74, 6) is -0.694. The molecule has 0 saturated carbocycles. The second kappa shape index (κ2) is 6.15. The molecule has 20 heavy (non-hydrogen) atoms. The van der Waals surface area contributed by atoms with Crippen LogP contribution in [0.5, 0.6) is 5.75 Å². The summed E-state index contributed by atoms with van der Waals surface area (Å²) in [6.07, 6.45) is 0. The Morgan fingerprint density at radius 2 is 2.05 bits per heavy atom. The summed E-state index contributed by atoms with van der Waals surface area (Å²) in [4.78, 5) is 12.5. The Labute approximate surface area is 126 Å². The van der Waals surface area contributed by atoms with E-state index in [2.05, 4.69) is 17.9 Å². The van der Waals surface area contributed by atoms with E-state index in [1.165, 1.54) is 25.3 Å². The minimum atomic E-state index is -0.626. The lowest BCUT2D eigenvalue weighted by Crippen LogP contribution is -2.14. The van der Waals surface area contributed by atoms with Gasteiger partial charge in [-0.3, -0.25) is 4.79 Å². The lowest BCUT2D eigenvalue weighted by Gasteiger charge is -2.10. The molecule has 0 spiro atoms. The number of hydrogen-bond acceptors (Lipinski definition) is 3. The third-order valence-corrected chi connectivity index (χ3v) is 3.22. The van der Waals surface area contributed by atoms with E-state index < -0.39 is 11.7 Å². The Morgan fingerprint density at radius 3 is 2.75 bits per heavy atom. The van der Waals surface area contributed by atoms with Gasteiger partial charge in [-0.2, -0.15) is 0 Å². The summed E-state index contributed by atoms with van der Waals surface area (Å²) >= 11 is 10.1. The number of anilines is 1. The van der Waals surface area contributed by atoms with E-state index in [9.17, 15) is 9.18 Å². The number of amides is 1. The van der Waals surface area contributed by atoms with E-state index >= 15 is 0 Å². The zero-order chi connectivity index (χ0) is 14.7. The van der Waals surface area contributed by atoms with Crippen molar-refractivity contribution in [3.05, 3.63) is 52.8 Å². The van der Waals surface area contributed by atoms with Gasteiger partial charge in [-0.25, -0.2) is 4.39 Å². The molecule has 0 aliphatic carbocycles. The van der Waals surface area contributed by atoms with Crippen LogP contribution in [0.25, 0.3) is 0 Å². The van der Waals surface area contributed by atoms with Gasteiger partial charge < -0.3 is 10.1 Å². The first-order valence-electron chi connectivity index (χ1n) is 5.64. The molecule has 0 aromatic heterocycles. The maximum atomic E-state index is 13.6. The van der Waals surface area contributed by atoms with Gasteiger partial charge in [0.15, 0.2) is 0 Å². The van der Waals surface area contributed by atoms with E-state index in [0.29, 0.717) is 21.4 Å². The van der Waals surface area contributed by atoms with Crippen molar-refractivity contribution in [1.29, 1.82) is 0 Å². The van der Waals surface area contributed by atoms with Crippen LogP contribution in [-0.4, -0.2) is 13.0 Å². The average molecular weight is 312 g/mol. The number of carbonyl (C=O) groups is 1. The Hall–Kier alpha value is -1.72. The summed E-state index contributed by atoms with van der Waals surface area (Å²) in [5.41, 5.74) is 0.247. The predicted molar refractivity (Wildman–Crippen MR) is 79.6 cm³/mol. The van der Waals surface area contributed by atoms with Crippen molar-refractivity contribution < 1.29 is 13.9 Å². The van der Waals surface area contributed by atoms with E-state index in [-0.39, 0.29) is 5.56 Å². The van der Waals surface area contributed by atoms with Crippen molar-refractivity contribution in [3.63, 3.8) is 0 Å². The van der Waals surface area contributed by atoms with Crippen molar-refractivity contribution in [1.82, 2.24) is 0 Å². The van der Waals surface area contributed by atoms with Crippen molar-refractivity contribution in [3.8, 4) is 5.75 Å². The van der Waals surface area contributed by atoms with Crippen molar-refractivity contribution >= 4 is 35.8 Å². The van der Waals surface area contributed by atoms with Crippen LogP contribution >= 0.6 is 24.2 Å². The zero-order valence-electron chi connectivity index (χ0n) is 10.5. The Kier molecular flexibility index (Phi) is 4.52. The van der Waals surface area contributed by atoms with E-state index in [1.54, 1.807) is 18.2 Å². The molecule has 1 N–H and O–H groups in total. The summed E-state index contributed by atoms with van der Waals surface area (Å²) in [7, 11) is 1.50. The molecule has 0 aliphatic rings. The lowest BCUT2D eigenvalue weighted by atomic mass is 10.2. The first-order valence-corrected chi connectivity index (χ1v) is 6.47. The molecule has 3 nitrogen and oxygen atoms in total. The fraction of sp³-hybridized carbons (Fsp3) is 0.0714. The lowest BCUT2D eigenvalue weighted by molar-refractivity contribution is 0.102. The molecule has 2 aromatic rings. The minimum Gasteiger partial charge on any atom is -0.497 e. The van der Waals surface area contributed by atoms with Gasteiger partial charge in [0, 0.05) is 11.0 Å². The van der Waals surface area contributed by atoms with E-state index in [4.69, 9.17) is 16.3 Å². The average Bonchev–Trinajstić information content (AvgIpc) is 2.43. The quantitative estimate of drug-likeness (QED) is 0.840. The van der Waals surface area contributed by atoms with Crippen LogP contribution in [0.1, 0.15) is 10.4 Å². The highest BCUT2D eigenvalue weighted by atomic mass is 35.5. The number of thiol groups is 1. The van der Waals surface area contributed by atoms with Crippen molar-refractivity contribution in [2.45, 2.75) is 4.90 Å². The smallest absolute Gasteiger partial charge is 0.258 e. The fourth-order valence-corrected chi connectivity index (χ4v) is 1.97. The van der Waals surface area contributed by atoms with Gasteiger partial charge in [-0.15, -0.1) is 12.6 Å². The second-order valence-corrected chi connectivity index (χ2v) is 4.89. The van der Waals surface area contributed by atoms with Crippen molar-refractivity contribution in [2.75, 3.05) is 12.4 Å². The zero-order valence-corrected chi connectivity index (χ0v) is 12.1. The fourth-order valence-electron chi connectivity index (χ4n) is 1.60. The highest BCUT2D eigenvalue weighted by molar-refractivity contribution is 7.80. The molecule has 0 saturated heterocycles. The SMILES string of the molecule is COc1ccc(Cl)c(NC(=O)c2cc(S)ccc2F)c1. The first kappa shape index (κ1) is 14.7. The van der Waals surface area contributed by atoms with Crippen LogP contribution in [0, 0.1) is 5.82 Å². The van der Waals surface area contributed by atoms with Crippen LogP contribution in [0.2, 0.25) is 5.02 Å². The van der Waals surface area contributed by atoms with Crippen LogP contribution in [0.3, 0.4) is 0 Å². The Bertz CT molecular complexity index is 664. The van der Waals surface area contributed by atoms with Crippen molar-refractivity contribution in [2.24, 2.45) is 0 Å². The van der Waals surface area contributed by atoms with Gasteiger partial charge in [0.05, 0.1) is 23.4 Å². The minimum absolute atomic E-state index is 0.101. The number of benzene rings is 2. The number of nitrogens with one attached hydrogen (secondary N) is 1. The van der Waals surface area contributed by atoms with E-state index in [1.807, 2.05) is 0 Å². The van der Waals surface area contributed by atoms with Crippen LogP contribution in [-0.2, 0) is 0 Å². The number of carbonyl (C=O) groups excluding carboxylic acids is 1. The number of rotatable bonds is 3. The third-order valence-electron chi connectivity index (χ3n) is 2.62. The molecular formula is C14H11ClFNO2S. The van der Waals surface area contributed by atoms with Crippen LogP contribution in [0.15, 0.2) is 41.3 Å². The maximum absolute atomic E-state index is 13.6. The van der Waals surface area contributed by atoms with Gasteiger partial charge in [-0.1, -0.05) is 11.6 Å².